The summed E-state index contributed by atoms with van der Waals surface area (Å²) in [4.78, 5) is 11.2. The van der Waals surface area contributed by atoms with Crippen molar-refractivity contribution in [3.8, 4) is 0 Å². The van der Waals surface area contributed by atoms with Crippen molar-refractivity contribution >= 4 is 15.5 Å². The fraction of sp³-hybridized carbons (Fsp3) is 0.455. The Bertz CT molecular complexity index is 744. The topological polar surface area (TPSA) is 84.3 Å². The molecule has 1 aliphatic rings. The minimum Gasteiger partial charge on any atom is -0.290 e. The van der Waals surface area contributed by atoms with Gasteiger partial charge in [-0.25, -0.2) is 8.42 Å². The molecule has 3 heterocycles. The molecule has 0 radical (unpaired) electrons. The Morgan fingerprint density at radius 1 is 1.50 bits per heavy atom. The van der Waals surface area contributed by atoms with Crippen molar-refractivity contribution < 1.29 is 8.42 Å². The van der Waals surface area contributed by atoms with Gasteiger partial charge in [-0.2, -0.15) is 5.10 Å². The molecule has 3 rings (SSSR count). The van der Waals surface area contributed by atoms with Crippen molar-refractivity contribution in [2.75, 3.05) is 11.5 Å². The molecule has 2 aromatic rings. The number of nitrogens with one attached hydrogen (secondary N) is 1. The van der Waals surface area contributed by atoms with E-state index in [4.69, 9.17) is 0 Å². The van der Waals surface area contributed by atoms with Crippen molar-refractivity contribution in [2.45, 2.75) is 12.8 Å². The van der Waals surface area contributed by atoms with E-state index in [1.807, 2.05) is 0 Å². The van der Waals surface area contributed by atoms with Crippen LogP contribution < -0.4 is 5.43 Å². The third-order valence-corrected chi connectivity index (χ3v) is 5.14. The predicted molar refractivity (Wildman–Crippen MR) is 66.3 cm³/mol. The highest BCUT2D eigenvalue weighted by Gasteiger charge is 2.28. The molecule has 0 bridgehead atoms. The Balaban J connectivity index is 1.90. The lowest BCUT2D eigenvalue weighted by Crippen LogP contribution is -2.10. The first-order valence-electron chi connectivity index (χ1n) is 5.80. The van der Waals surface area contributed by atoms with Crippen LogP contribution in [0.25, 0.3) is 5.65 Å². The number of aromatic nitrogens is 3. The number of fused-ring (bicyclic) bond motifs is 1. The zero-order valence-corrected chi connectivity index (χ0v) is 10.5. The lowest BCUT2D eigenvalue weighted by atomic mass is 10.1. The van der Waals surface area contributed by atoms with Crippen LogP contribution in [0.2, 0.25) is 0 Å². The molecule has 1 unspecified atom stereocenters. The summed E-state index contributed by atoms with van der Waals surface area (Å²) in [5, 5.41) is 6.94. The summed E-state index contributed by atoms with van der Waals surface area (Å²) in [6, 6.07) is 2.94. The minimum absolute atomic E-state index is 0.0753. The van der Waals surface area contributed by atoms with Gasteiger partial charge in [-0.15, -0.1) is 0 Å². The second kappa shape index (κ2) is 3.94. The van der Waals surface area contributed by atoms with E-state index in [-0.39, 0.29) is 22.9 Å². The minimum atomic E-state index is -2.86. The Morgan fingerprint density at radius 3 is 3.06 bits per heavy atom. The molecular weight excluding hydrogens is 254 g/mol. The highest BCUT2D eigenvalue weighted by atomic mass is 32.2. The quantitative estimate of drug-likeness (QED) is 0.830. The number of hydrogen-bond donors (Lipinski definition) is 1. The number of nitrogens with zero attached hydrogens (tertiary/aromatic N) is 2. The van der Waals surface area contributed by atoms with E-state index in [0.29, 0.717) is 18.5 Å². The normalized spacial score (nSPS) is 22.6. The van der Waals surface area contributed by atoms with Gasteiger partial charge in [0, 0.05) is 24.8 Å². The average Bonchev–Trinajstić information content (AvgIpc) is 2.83. The number of rotatable bonds is 2. The molecule has 1 N–H and O–H groups in total. The van der Waals surface area contributed by atoms with E-state index in [2.05, 4.69) is 10.2 Å². The third-order valence-electron chi connectivity index (χ3n) is 3.30. The molecule has 0 saturated carbocycles. The molecular formula is C11H13N3O3S. The highest BCUT2D eigenvalue weighted by molar-refractivity contribution is 7.91. The van der Waals surface area contributed by atoms with Crippen LogP contribution >= 0.6 is 0 Å². The highest BCUT2D eigenvalue weighted by Crippen LogP contribution is 2.21. The first-order chi connectivity index (χ1) is 8.53. The van der Waals surface area contributed by atoms with Crippen molar-refractivity contribution in [3.05, 3.63) is 34.4 Å². The molecule has 1 aliphatic heterocycles. The van der Waals surface area contributed by atoms with E-state index < -0.39 is 9.84 Å². The Hall–Kier alpha value is -1.63. The fourth-order valence-corrected chi connectivity index (χ4v) is 4.26. The van der Waals surface area contributed by atoms with Crippen LogP contribution in [-0.2, 0) is 16.3 Å². The first-order valence-corrected chi connectivity index (χ1v) is 7.62. The molecule has 0 spiro atoms. The zero-order valence-electron chi connectivity index (χ0n) is 9.67. The number of sulfone groups is 1. The second-order valence-corrected chi connectivity index (χ2v) is 6.96. The summed E-state index contributed by atoms with van der Waals surface area (Å²) in [7, 11) is -2.86. The van der Waals surface area contributed by atoms with Gasteiger partial charge in [0.1, 0.15) is 11.5 Å². The summed E-state index contributed by atoms with van der Waals surface area (Å²) in [5.41, 5.74) is 0.562. The van der Waals surface area contributed by atoms with E-state index in [1.165, 1.54) is 12.1 Å². The number of pyridine rings is 1. The maximum atomic E-state index is 11.4. The molecule has 6 nitrogen and oxygen atoms in total. The Labute approximate surface area is 104 Å². The van der Waals surface area contributed by atoms with Crippen LogP contribution in [0.1, 0.15) is 12.2 Å². The standard InChI is InChI=1S/C11H13N3O3S/c15-9-1-3-14-10(12-13-11(14)6-9)5-8-2-4-18(16,17)7-8/h1,3,6,8,13H,2,4-5,7H2. The van der Waals surface area contributed by atoms with Gasteiger partial charge in [0.25, 0.3) is 0 Å². The molecule has 18 heavy (non-hydrogen) atoms. The zero-order chi connectivity index (χ0) is 12.8. The molecule has 7 heteroatoms. The van der Waals surface area contributed by atoms with E-state index in [0.717, 1.165) is 5.82 Å². The van der Waals surface area contributed by atoms with Gasteiger partial charge in [-0.05, 0) is 12.3 Å². The van der Waals surface area contributed by atoms with Crippen molar-refractivity contribution in [1.82, 2.24) is 14.6 Å². The summed E-state index contributed by atoms with van der Waals surface area (Å²) in [6.07, 6.45) is 2.97. The predicted octanol–water partition coefficient (Wildman–Crippen LogP) is -0.000200. The maximum absolute atomic E-state index is 11.4. The largest absolute Gasteiger partial charge is 0.290 e. The van der Waals surface area contributed by atoms with Crippen LogP contribution in [-0.4, -0.2) is 34.5 Å². The number of hydrogen-bond acceptors (Lipinski definition) is 4. The van der Waals surface area contributed by atoms with Crippen molar-refractivity contribution in [3.63, 3.8) is 0 Å². The van der Waals surface area contributed by atoms with Gasteiger partial charge in [-0.1, -0.05) is 0 Å². The second-order valence-electron chi connectivity index (χ2n) is 4.73. The van der Waals surface area contributed by atoms with Gasteiger partial charge in [-0.3, -0.25) is 14.3 Å². The molecule has 96 valence electrons. The monoisotopic (exact) mass is 267 g/mol. The lowest BCUT2D eigenvalue weighted by molar-refractivity contribution is 0.566. The van der Waals surface area contributed by atoms with Crippen molar-refractivity contribution in [1.29, 1.82) is 0 Å². The smallest absolute Gasteiger partial charge is 0.183 e. The van der Waals surface area contributed by atoms with Gasteiger partial charge in [0.15, 0.2) is 15.3 Å². The molecule has 0 amide bonds. The summed E-state index contributed by atoms with van der Waals surface area (Å²) in [5.74, 6) is 1.41. The van der Waals surface area contributed by atoms with Gasteiger partial charge < -0.3 is 0 Å². The molecule has 0 aromatic carbocycles. The molecule has 2 aromatic heterocycles. The van der Waals surface area contributed by atoms with Crippen LogP contribution in [0.3, 0.4) is 0 Å². The summed E-state index contributed by atoms with van der Waals surface area (Å²) in [6.45, 7) is 0. The first kappa shape index (κ1) is 11.5. The Morgan fingerprint density at radius 2 is 2.33 bits per heavy atom. The van der Waals surface area contributed by atoms with E-state index >= 15 is 0 Å². The van der Waals surface area contributed by atoms with Crippen LogP contribution in [0.15, 0.2) is 23.1 Å². The van der Waals surface area contributed by atoms with E-state index in [9.17, 15) is 13.2 Å². The van der Waals surface area contributed by atoms with Crippen LogP contribution in [0, 0.1) is 5.92 Å². The summed E-state index contributed by atoms with van der Waals surface area (Å²) >= 11 is 0. The third kappa shape index (κ3) is 2.05. The van der Waals surface area contributed by atoms with Gasteiger partial charge in [0.2, 0.25) is 0 Å². The van der Waals surface area contributed by atoms with Gasteiger partial charge in [0.05, 0.1) is 11.5 Å². The van der Waals surface area contributed by atoms with Gasteiger partial charge >= 0.3 is 0 Å². The molecule has 1 saturated heterocycles. The van der Waals surface area contributed by atoms with Crippen molar-refractivity contribution in [2.24, 2.45) is 5.92 Å². The maximum Gasteiger partial charge on any atom is 0.183 e. The number of H-pyrrole nitrogens is 1. The Kier molecular flexibility index (Phi) is 2.51. The SMILES string of the molecule is O=c1ccn2c(CC3CCS(=O)(=O)C3)n[nH]c2c1. The van der Waals surface area contributed by atoms with E-state index in [1.54, 1.807) is 10.6 Å². The number of aromatic amines is 1. The molecule has 1 atom stereocenters. The van der Waals surface area contributed by atoms with Crippen LogP contribution in [0.4, 0.5) is 0 Å². The van der Waals surface area contributed by atoms with Crippen LogP contribution in [0.5, 0.6) is 0 Å². The fourth-order valence-electron chi connectivity index (χ4n) is 2.40. The average molecular weight is 267 g/mol. The summed E-state index contributed by atoms with van der Waals surface area (Å²) < 4.78 is 24.6. The molecule has 1 fully saturated rings. The molecule has 0 aliphatic carbocycles. The lowest BCUT2D eigenvalue weighted by Gasteiger charge is -2.05.